The lowest BCUT2D eigenvalue weighted by Crippen LogP contribution is -2.74. The fraction of sp³-hybridized carbons (Fsp3) is 0. The molecule has 0 bridgehead atoms. The van der Waals surface area contributed by atoms with Gasteiger partial charge in [-0.25, -0.2) is 0 Å². The van der Waals surface area contributed by atoms with Crippen molar-refractivity contribution in [3.05, 3.63) is 476 Å². The van der Waals surface area contributed by atoms with Gasteiger partial charge in [0.15, 0.2) is 16.1 Å². The monoisotopic (exact) mass is 1800 g/mol. The zero-order valence-electron chi connectivity index (χ0n) is 67.3. The lowest BCUT2D eigenvalue weighted by atomic mass is 10.1. The molecule has 3 nitrogen and oxygen atoms in total. The van der Waals surface area contributed by atoms with E-state index in [1.807, 2.05) is 34.0 Å². The number of fused-ring (bicyclic) bond motifs is 18. The number of hydrogen-bond donors (Lipinski definition) is 0. The summed E-state index contributed by atoms with van der Waals surface area (Å²) in [5.74, 6) is 0. The molecule has 0 saturated heterocycles. The molecule has 0 fully saturated rings. The summed E-state index contributed by atoms with van der Waals surface area (Å²) in [6, 6.07) is 171. The van der Waals surface area contributed by atoms with E-state index in [-0.39, 0.29) is 0 Å². The van der Waals surface area contributed by atoms with Gasteiger partial charge in [-0.1, -0.05) is 380 Å². The standard InChI is InChI=1S/2C42H29NSSi.C18H12BrN.C12H7BrS/c2*1-3-16-31(17-4-1)45(32-18-5-2-6-19-32,41-28-14-24-37-36-23-9-12-27-40(36)44-42(37)41)33-20-13-15-30(29-33)43-38-25-10-7-21-34(38)35-22-8-11-26-39(35)43;19-13-6-5-7-14(12-13)20-17-10-3-1-8-15(17)16-9-2-4-11-18(16)20;13-10-6-3-5-9-8-4-1-2-7-11(8)14-12(9)10/h2*1-29H;1-12H;1-7H. The first-order chi connectivity index (χ1) is 61.4. The van der Waals surface area contributed by atoms with Gasteiger partial charge in [-0.2, -0.15) is 0 Å². The quantitative estimate of drug-likeness (QED) is 0.0906. The number of para-hydroxylation sites is 6. The molecule has 25 aromatic rings. The highest BCUT2D eigenvalue weighted by atomic mass is 79.9. The topological polar surface area (TPSA) is 14.8 Å². The second-order valence-corrected chi connectivity index (χ2v) is 43.9. The van der Waals surface area contributed by atoms with Crippen LogP contribution in [0.3, 0.4) is 0 Å². The van der Waals surface area contributed by atoms with Crippen LogP contribution in [0.2, 0.25) is 0 Å². The Balaban J connectivity index is 0.000000108. The van der Waals surface area contributed by atoms with Crippen LogP contribution in [0.15, 0.2) is 476 Å². The number of halogens is 2. The molecule has 0 aliphatic carbocycles. The molecule has 6 heterocycles. The predicted octanol–water partition coefficient (Wildman–Crippen LogP) is 27.4. The van der Waals surface area contributed by atoms with E-state index in [4.69, 9.17) is 0 Å². The summed E-state index contributed by atoms with van der Waals surface area (Å²) < 4.78 is 17.6. The van der Waals surface area contributed by atoms with Gasteiger partial charge in [-0.15, -0.1) is 34.0 Å². The lowest BCUT2D eigenvalue weighted by molar-refractivity contribution is 1.18. The Bertz CT molecular complexity index is 7720. The van der Waals surface area contributed by atoms with E-state index in [0.29, 0.717) is 0 Å². The Labute approximate surface area is 749 Å². The van der Waals surface area contributed by atoms with Gasteiger partial charge in [0.25, 0.3) is 0 Å². The van der Waals surface area contributed by atoms with E-state index in [9.17, 15) is 0 Å². The molecule has 25 rings (SSSR count). The molecule has 6 aromatic heterocycles. The fourth-order valence-electron chi connectivity index (χ4n) is 19.5. The molecule has 19 aromatic carbocycles. The van der Waals surface area contributed by atoms with Gasteiger partial charge >= 0.3 is 0 Å². The SMILES string of the molecule is Brc1cccc(-n2c3ccccc3c3ccccc32)c1.Brc1cccc2c1sc1ccccc12.c1ccc([Si](c2ccccc2)(c2cccc(-n3c4ccccc4c4ccccc43)c2)c2cccc3c2sc2ccccc23)cc1.c1ccc([Si](c2ccccc2)(c2cccc(-n3c4ccccc4c4ccccc43)c2)c2cccc3c2sc2ccccc23)cc1. The molecule has 588 valence electrons. The average molecular weight is 1800 g/mol. The van der Waals surface area contributed by atoms with Crippen molar-refractivity contribution in [3.8, 4) is 17.1 Å². The minimum absolute atomic E-state index is 1.09. The van der Waals surface area contributed by atoms with Crippen molar-refractivity contribution in [3.63, 3.8) is 0 Å². The lowest BCUT2D eigenvalue weighted by Gasteiger charge is -2.35. The molecule has 0 aliphatic rings. The van der Waals surface area contributed by atoms with Crippen LogP contribution in [0, 0.1) is 0 Å². The third-order valence-corrected chi connectivity index (χ3v) is 39.7. The maximum atomic E-state index is 3.59. The Morgan fingerprint density at radius 3 is 0.734 bits per heavy atom. The summed E-state index contributed by atoms with van der Waals surface area (Å²) in [7, 11) is -5.62. The highest BCUT2D eigenvalue weighted by molar-refractivity contribution is 9.11. The average Bonchev–Trinajstić information content (AvgIpc) is 1.17. The summed E-state index contributed by atoms with van der Waals surface area (Å²) in [6.45, 7) is 0. The summed E-state index contributed by atoms with van der Waals surface area (Å²) in [5, 5.41) is 27.0. The molecule has 0 N–H and O–H groups in total. The second-order valence-electron chi connectivity index (χ2n) is 31.4. The van der Waals surface area contributed by atoms with Gasteiger partial charge in [0, 0.05) is 119 Å². The highest BCUT2D eigenvalue weighted by Crippen LogP contribution is 2.41. The predicted molar refractivity (Wildman–Crippen MR) is 550 cm³/mol. The molecule has 0 radical (unpaired) electrons. The number of rotatable bonds is 11. The molecular weight excluding hydrogens is 1720 g/mol. The van der Waals surface area contributed by atoms with E-state index < -0.39 is 16.1 Å². The summed E-state index contributed by atoms with van der Waals surface area (Å²) in [5.41, 5.74) is 11.0. The molecule has 0 spiro atoms. The number of hydrogen-bond acceptors (Lipinski definition) is 3. The third-order valence-electron chi connectivity index (χ3n) is 24.7. The Hall–Kier alpha value is -13.4. The summed E-state index contributed by atoms with van der Waals surface area (Å²) in [6.07, 6.45) is 0. The maximum Gasteiger partial charge on any atom is 0.181 e. The van der Waals surface area contributed by atoms with Crippen LogP contribution in [0.4, 0.5) is 0 Å². The van der Waals surface area contributed by atoms with Gasteiger partial charge in [-0.05, 0) is 161 Å². The normalized spacial score (nSPS) is 11.8. The van der Waals surface area contributed by atoms with Crippen LogP contribution in [0.1, 0.15) is 0 Å². The second kappa shape index (κ2) is 32.8. The van der Waals surface area contributed by atoms with Gasteiger partial charge in [0.1, 0.15) is 0 Å². The zero-order valence-corrected chi connectivity index (χ0v) is 74.9. The highest BCUT2D eigenvalue weighted by Gasteiger charge is 2.45. The van der Waals surface area contributed by atoms with Crippen LogP contribution >= 0.6 is 65.9 Å². The summed E-state index contributed by atoms with van der Waals surface area (Å²) in [4.78, 5) is 0. The zero-order chi connectivity index (χ0) is 82.7. The van der Waals surface area contributed by atoms with Gasteiger partial charge in [-0.3, -0.25) is 0 Å². The molecule has 124 heavy (non-hydrogen) atoms. The molecule has 0 saturated carbocycles. The maximum absolute atomic E-state index is 3.59. The first-order valence-electron chi connectivity index (χ1n) is 41.9. The summed E-state index contributed by atoms with van der Waals surface area (Å²) >= 11 is 12.9. The van der Waals surface area contributed by atoms with Gasteiger partial charge in [0.05, 0.1) is 33.1 Å². The van der Waals surface area contributed by atoms with Crippen LogP contribution in [0.5, 0.6) is 0 Å². The van der Waals surface area contributed by atoms with E-state index in [1.54, 1.807) is 0 Å². The van der Waals surface area contributed by atoms with Crippen molar-refractivity contribution in [2.45, 2.75) is 0 Å². The number of aromatic nitrogens is 3. The van der Waals surface area contributed by atoms with Crippen molar-refractivity contribution in [2.24, 2.45) is 0 Å². The third kappa shape index (κ3) is 13.1. The van der Waals surface area contributed by atoms with Crippen molar-refractivity contribution < 1.29 is 0 Å². The Morgan fingerprint density at radius 2 is 0.411 bits per heavy atom. The molecule has 0 unspecified atom stereocenters. The van der Waals surface area contributed by atoms with Gasteiger partial charge < -0.3 is 13.7 Å². The first kappa shape index (κ1) is 76.7. The number of benzene rings is 19. The number of nitrogens with zero attached hydrogens (tertiary/aromatic N) is 3. The van der Waals surface area contributed by atoms with E-state index in [2.05, 4.69) is 513 Å². The smallest absolute Gasteiger partial charge is 0.181 e. The van der Waals surface area contributed by atoms with Crippen LogP contribution in [-0.4, -0.2) is 29.8 Å². The van der Waals surface area contributed by atoms with Crippen molar-refractivity contribution in [1.82, 2.24) is 13.7 Å². The van der Waals surface area contributed by atoms with Crippen LogP contribution in [-0.2, 0) is 0 Å². The molecule has 0 amide bonds. The van der Waals surface area contributed by atoms with Crippen molar-refractivity contribution in [2.75, 3.05) is 0 Å². The van der Waals surface area contributed by atoms with E-state index in [1.165, 1.54) is 189 Å². The first-order valence-corrected chi connectivity index (χ1v) is 49.9. The molecular formula is C114H77Br2N3S3Si2. The minimum Gasteiger partial charge on any atom is -0.309 e. The van der Waals surface area contributed by atoms with E-state index >= 15 is 0 Å². The van der Waals surface area contributed by atoms with Crippen LogP contribution < -0.4 is 41.5 Å². The minimum atomic E-state index is -2.81. The molecule has 0 aliphatic heterocycles. The Morgan fingerprint density at radius 1 is 0.177 bits per heavy atom. The molecule has 10 heteroatoms. The van der Waals surface area contributed by atoms with Crippen LogP contribution in [0.25, 0.3) is 143 Å². The van der Waals surface area contributed by atoms with Gasteiger partial charge in [0.2, 0.25) is 0 Å². The van der Waals surface area contributed by atoms with Crippen molar-refractivity contribution >= 4 is 249 Å². The van der Waals surface area contributed by atoms with Crippen molar-refractivity contribution in [1.29, 1.82) is 0 Å². The number of thiophene rings is 3. The largest absolute Gasteiger partial charge is 0.309 e. The van der Waals surface area contributed by atoms with E-state index in [0.717, 1.165) is 4.47 Å². The molecule has 0 atom stereocenters. The Kier molecular flexibility index (Phi) is 20.3. The fourth-order valence-corrected chi connectivity index (χ4v) is 34.7.